The Kier molecular flexibility index (Phi) is 6.88. The molecule has 2 aromatic rings. The number of aromatic nitrogens is 3. The molecule has 1 amide bonds. The molecule has 1 fully saturated rings. The van der Waals surface area contributed by atoms with Gasteiger partial charge in [-0.15, -0.1) is 5.10 Å². The molecular weight excluding hydrogens is 487 g/mol. The smallest absolute Gasteiger partial charge is 0.397 e. The van der Waals surface area contributed by atoms with Crippen LogP contribution in [0.4, 0.5) is 19.0 Å². The van der Waals surface area contributed by atoms with Gasteiger partial charge in [-0.3, -0.25) is 4.79 Å². The molecule has 1 aliphatic rings. The van der Waals surface area contributed by atoms with E-state index < -0.39 is 34.1 Å². The van der Waals surface area contributed by atoms with Gasteiger partial charge in [0, 0.05) is 24.3 Å². The van der Waals surface area contributed by atoms with Crippen LogP contribution < -0.4 is 14.4 Å². The number of hydrogen-bond donors (Lipinski definition) is 1. The number of anilines is 1. The van der Waals surface area contributed by atoms with Gasteiger partial charge in [0.15, 0.2) is 5.82 Å². The van der Waals surface area contributed by atoms with Gasteiger partial charge in [0.2, 0.25) is 15.9 Å². The largest absolute Gasteiger partial charge is 0.476 e. The number of halogens is 3. The number of amides is 1. The molecule has 13 heteroatoms. The standard InChI is InChI=1S/C22H30F3N5O4S/c1-14-11-21(4,5)29(12-14)18-15(19(31)28-35(6,32)33)7-8-16(26-18)30-10-9-17(27-30)34-13-20(2,3)22(23,24)25/h7-10,14H,11-13H2,1-6H3,(H,28,31)/t14-/m0/s1. The first-order chi connectivity index (χ1) is 15.9. The number of carbonyl (C=O) groups is 1. The summed E-state index contributed by atoms with van der Waals surface area (Å²) in [5, 5.41) is 4.17. The van der Waals surface area contributed by atoms with E-state index in [1.165, 1.54) is 29.1 Å². The van der Waals surface area contributed by atoms with Crippen LogP contribution >= 0.6 is 0 Å². The van der Waals surface area contributed by atoms with Crippen LogP contribution in [0.1, 0.15) is 51.4 Å². The average Bonchev–Trinajstić information content (AvgIpc) is 3.27. The maximum atomic E-state index is 13.1. The molecule has 0 saturated carbocycles. The summed E-state index contributed by atoms with van der Waals surface area (Å²) in [5.74, 6) is 0.0591. The van der Waals surface area contributed by atoms with Crippen LogP contribution in [-0.2, 0) is 10.0 Å². The van der Waals surface area contributed by atoms with Gasteiger partial charge < -0.3 is 9.64 Å². The summed E-state index contributed by atoms with van der Waals surface area (Å²) < 4.78 is 71.2. The predicted octanol–water partition coefficient (Wildman–Crippen LogP) is 3.55. The molecule has 0 radical (unpaired) electrons. The minimum absolute atomic E-state index is 0.0142. The lowest BCUT2D eigenvalue weighted by molar-refractivity contribution is -0.219. The van der Waals surface area contributed by atoms with E-state index >= 15 is 0 Å². The number of alkyl halides is 3. The lowest BCUT2D eigenvalue weighted by atomic mass is 9.94. The molecule has 0 unspecified atom stereocenters. The van der Waals surface area contributed by atoms with Crippen LogP contribution in [0.2, 0.25) is 0 Å². The summed E-state index contributed by atoms with van der Waals surface area (Å²) in [7, 11) is -3.80. The molecule has 3 heterocycles. The Balaban J connectivity index is 1.96. The van der Waals surface area contributed by atoms with Crippen molar-refractivity contribution >= 4 is 21.7 Å². The molecule has 2 aromatic heterocycles. The number of nitrogens with one attached hydrogen (secondary N) is 1. The van der Waals surface area contributed by atoms with E-state index in [-0.39, 0.29) is 28.6 Å². The van der Waals surface area contributed by atoms with Gasteiger partial charge in [-0.05, 0) is 52.2 Å². The van der Waals surface area contributed by atoms with Gasteiger partial charge in [-0.1, -0.05) is 6.92 Å². The monoisotopic (exact) mass is 517 g/mol. The van der Waals surface area contributed by atoms with Gasteiger partial charge in [0.05, 0.1) is 17.2 Å². The van der Waals surface area contributed by atoms with Crippen molar-refractivity contribution in [3.05, 3.63) is 30.0 Å². The summed E-state index contributed by atoms with van der Waals surface area (Å²) in [6, 6.07) is 4.34. The second kappa shape index (κ2) is 8.99. The van der Waals surface area contributed by atoms with E-state index in [0.29, 0.717) is 12.5 Å². The van der Waals surface area contributed by atoms with E-state index in [0.717, 1.165) is 26.5 Å². The molecule has 1 atom stereocenters. The molecular formula is C22H30F3N5O4S. The van der Waals surface area contributed by atoms with Crippen molar-refractivity contribution in [2.75, 3.05) is 24.3 Å². The fraction of sp³-hybridized carbons (Fsp3) is 0.591. The fourth-order valence-electron chi connectivity index (χ4n) is 3.98. The Bertz CT molecular complexity index is 1210. The molecule has 0 aromatic carbocycles. The lowest BCUT2D eigenvalue weighted by Gasteiger charge is -2.34. The minimum Gasteiger partial charge on any atom is -0.476 e. The maximum Gasteiger partial charge on any atom is 0.397 e. The first-order valence-corrected chi connectivity index (χ1v) is 12.9. The van der Waals surface area contributed by atoms with Crippen LogP contribution in [0.15, 0.2) is 24.4 Å². The van der Waals surface area contributed by atoms with E-state index in [9.17, 15) is 26.4 Å². The highest BCUT2D eigenvalue weighted by molar-refractivity contribution is 7.89. The van der Waals surface area contributed by atoms with Crippen LogP contribution in [-0.4, -0.2) is 60.2 Å². The zero-order chi connectivity index (χ0) is 26.4. The van der Waals surface area contributed by atoms with Crippen LogP contribution in [0, 0.1) is 11.3 Å². The van der Waals surface area contributed by atoms with Crippen LogP contribution in [0.3, 0.4) is 0 Å². The third-order valence-electron chi connectivity index (χ3n) is 5.86. The first kappa shape index (κ1) is 26.8. The molecule has 0 spiro atoms. The maximum absolute atomic E-state index is 13.1. The van der Waals surface area contributed by atoms with Crippen LogP contribution in [0.5, 0.6) is 5.88 Å². The summed E-state index contributed by atoms with van der Waals surface area (Å²) >= 11 is 0. The number of carbonyl (C=O) groups excluding carboxylic acids is 1. The summed E-state index contributed by atoms with van der Waals surface area (Å²) in [5.41, 5.74) is -2.33. The number of nitrogens with zero attached hydrogens (tertiary/aromatic N) is 4. The first-order valence-electron chi connectivity index (χ1n) is 11.0. The quantitative estimate of drug-likeness (QED) is 0.599. The Labute approximate surface area is 202 Å². The summed E-state index contributed by atoms with van der Waals surface area (Å²) in [4.78, 5) is 19.3. The van der Waals surface area contributed by atoms with E-state index in [2.05, 4.69) is 17.0 Å². The normalized spacial score (nSPS) is 18.5. The molecule has 1 N–H and O–H groups in total. The predicted molar refractivity (Wildman–Crippen MR) is 124 cm³/mol. The topological polar surface area (TPSA) is 106 Å². The van der Waals surface area contributed by atoms with Gasteiger partial charge in [-0.25, -0.2) is 22.8 Å². The van der Waals surface area contributed by atoms with Crippen molar-refractivity contribution in [3.8, 4) is 11.7 Å². The van der Waals surface area contributed by atoms with E-state index in [1.807, 2.05) is 23.5 Å². The number of ether oxygens (including phenoxy) is 1. The molecule has 0 aliphatic carbocycles. The van der Waals surface area contributed by atoms with Crippen LogP contribution in [0.25, 0.3) is 5.82 Å². The number of hydrogen-bond acceptors (Lipinski definition) is 7. The van der Waals surface area contributed by atoms with Gasteiger partial charge in [0.25, 0.3) is 5.91 Å². The van der Waals surface area contributed by atoms with Crippen molar-refractivity contribution < 1.29 is 31.1 Å². The van der Waals surface area contributed by atoms with Crippen molar-refractivity contribution in [2.45, 2.75) is 52.8 Å². The summed E-state index contributed by atoms with van der Waals surface area (Å²) in [6.07, 6.45) is -1.23. The Morgan fingerprint density at radius 2 is 1.91 bits per heavy atom. The van der Waals surface area contributed by atoms with E-state index in [1.54, 1.807) is 0 Å². The fourth-order valence-corrected chi connectivity index (χ4v) is 4.43. The third kappa shape index (κ3) is 6.06. The zero-order valence-corrected chi connectivity index (χ0v) is 21.3. The Morgan fingerprint density at radius 1 is 1.26 bits per heavy atom. The minimum atomic E-state index is -4.44. The van der Waals surface area contributed by atoms with Crippen molar-refractivity contribution in [3.63, 3.8) is 0 Å². The summed E-state index contributed by atoms with van der Waals surface area (Å²) in [6.45, 7) is 8.14. The van der Waals surface area contributed by atoms with Crippen molar-refractivity contribution in [1.82, 2.24) is 19.5 Å². The van der Waals surface area contributed by atoms with Crippen molar-refractivity contribution in [1.29, 1.82) is 0 Å². The van der Waals surface area contributed by atoms with Gasteiger partial charge in [-0.2, -0.15) is 13.2 Å². The Hall–Kier alpha value is -2.83. The molecule has 0 bridgehead atoms. The second-order valence-electron chi connectivity index (χ2n) is 10.2. The Morgan fingerprint density at radius 3 is 2.46 bits per heavy atom. The zero-order valence-electron chi connectivity index (χ0n) is 20.5. The molecule has 9 nitrogen and oxygen atoms in total. The number of rotatable bonds is 7. The van der Waals surface area contributed by atoms with Gasteiger partial charge >= 0.3 is 6.18 Å². The molecule has 1 saturated heterocycles. The SMILES string of the molecule is C[C@@H]1CN(c2nc(-n3ccc(OCC(C)(C)C(F)(F)F)n3)ccc2C(=O)NS(C)(=O)=O)C(C)(C)C1. The molecule has 1 aliphatic heterocycles. The lowest BCUT2D eigenvalue weighted by Crippen LogP contribution is -2.41. The average molecular weight is 518 g/mol. The molecule has 3 rings (SSSR count). The number of pyridine rings is 1. The van der Waals surface area contributed by atoms with Crippen molar-refractivity contribution in [2.24, 2.45) is 11.3 Å². The number of sulfonamides is 1. The highest BCUT2D eigenvalue weighted by atomic mass is 32.2. The third-order valence-corrected chi connectivity index (χ3v) is 6.42. The molecule has 194 valence electrons. The highest BCUT2D eigenvalue weighted by Crippen LogP contribution is 2.39. The highest BCUT2D eigenvalue weighted by Gasteiger charge is 2.48. The molecule has 35 heavy (non-hydrogen) atoms. The van der Waals surface area contributed by atoms with Gasteiger partial charge in [0.1, 0.15) is 12.4 Å². The second-order valence-corrected chi connectivity index (χ2v) is 12.0. The van der Waals surface area contributed by atoms with E-state index in [4.69, 9.17) is 4.74 Å².